The van der Waals surface area contributed by atoms with Crippen molar-refractivity contribution in [3.63, 3.8) is 0 Å². The zero-order chi connectivity index (χ0) is 21.5. The fraction of sp³-hybridized carbons (Fsp3) is 0.300. The predicted octanol–water partition coefficient (Wildman–Crippen LogP) is 3.19. The number of nitrogens with one attached hydrogen (secondary N) is 1. The van der Waals surface area contributed by atoms with Crippen LogP contribution in [0.15, 0.2) is 30.7 Å². The molecule has 0 saturated carbocycles. The van der Waals surface area contributed by atoms with E-state index in [0.717, 1.165) is 10.9 Å². The van der Waals surface area contributed by atoms with E-state index in [1.165, 1.54) is 6.33 Å². The molecule has 30 heavy (non-hydrogen) atoms. The molecule has 0 aliphatic rings. The summed E-state index contributed by atoms with van der Waals surface area (Å²) in [6, 6.07) is 5.44. The molecular formula is C20H21ClN6O3. The van der Waals surface area contributed by atoms with Gasteiger partial charge in [0.1, 0.15) is 17.8 Å². The second-order valence-electron chi connectivity index (χ2n) is 7.38. The summed E-state index contributed by atoms with van der Waals surface area (Å²) in [5.41, 5.74) is 1.68. The highest BCUT2D eigenvalue weighted by molar-refractivity contribution is 6.35. The van der Waals surface area contributed by atoms with Gasteiger partial charge in [0.05, 0.1) is 24.8 Å². The molecule has 4 rings (SSSR count). The van der Waals surface area contributed by atoms with E-state index in [4.69, 9.17) is 21.1 Å². The van der Waals surface area contributed by atoms with Gasteiger partial charge in [-0.25, -0.2) is 9.97 Å². The van der Waals surface area contributed by atoms with E-state index in [1.54, 1.807) is 44.8 Å². The maximum Gasteiger partial charge on any atom is 0.224 e. The van der Waals surface area contributed by atoms with Crippen LogP contribution in [0.4, 0.5) is 5.95 Å². The average Bonchev–Trinajstić information content (AvgIpc) is 3.21. The minimum atomic E-state index is -0.896. The summed E-state index contributed by atoms with van der Waals surface area (Å²) in [6.45, 7) is 3.71. The molecule has 0 radical (unpaired) electrons. The molecule has 0 amide bonds. The van der Waals surface area contributed by atoms with Crippen LogP contribution in [-0.4, -0.2) is 56.0 Å². The van der Waals surface area contributed by atoms with Crippen molar-refractivity contribution in [1.82, 2.24) is 24.6 Å². The number of hydrogen-bond acceptors (Lipinski definition) is 8. The summed E-state index contributed by atoms with van der Waals surface area (Å²) in [5.74, 6) is 1.48. The molecule has 0 fully saturated rings. The standard InChI is InChI=1S/C20H21ClN6O3/c1-20(2,28)9-23-19-22-8-11-5-14(18-24-10-25-27(18)17(11)26-19)13-6-12(29-3)7-15(30-4)16(13)21/h5-8,10,28H,9H2,1-4H3,(H,22,23,26). The number of methoxy groups -OCH3 is 2. The summed E-state index contributed by atoms with van der Waals surface area (Å²) in [5, 5.41) is 18.5. The van der Waals surface area contributed by atoms with Crippen LogP contribution in [0.2, 0.25) is 5.02 Å². The lowest BCUT2D eigenvalue weighted by Crippen LogP contribution is -2.29. The molecule has 4 aromatic rings. The van der Waals surface area contributed by atoms with Crippen LogP contribution in [0.5, 0.6) is 11.5 Å². The third-order valence-corrected chi connectivity index (χ3v) is 4.91. The lowest BCUT2D eigenvalue weighted by molar-refractivity contribution is 0.0943. The van der Waals surface area contributed by atoms with Gasteiger partial charge in [-0.15, -0.1) is 0 Å². The molecule has 0 saturated heterocycles. The molecule has 3 aromatic heterocycles. The quantitative estimate of drug-likeness (QED) is 0.482. The molecule has 0 aliphatic carbocycles. The van der Waals surface area contributed by atoms with Crippen LogP contribution >= 0.6 is 11.6 Å². The Labute approximate surface area is 177 Å². The third-order valence-electron chi connectivity index (χ3n) is 4.52. The molecule has 1 aromatic carbocycles. The van der Waals surface area contributed by atoms with Gasteiger partial charge in [0.2, 0.25) is 5.95 Å². The summed E-state index contributed by atoms with van der Waals surface area (Å²) < 4.78 is 12.4. The number of rotatable bonds is 6. The number of halogens is 1. The molecule has 0 unspecified atom stereocenters. The van der Waals surface area contributed by atoms with E-state index in [-0.39, 0.29) is 0 Å². The highest BCUT2D eigenvalue weighted by Gasteiger charge is 2.19. The number of aliphatic hydroxyl groups is 1. The smallest absolute Gasteiger partial charge is 0.224 e. The van der Waals surface area contributed by atoms with Crippen molar-refractivity contribution in [2.75, 3.05) is 26.1 Å². The summed E-state index contributed by atoms with van der Waals surface area (Å²) >= 11 is 6.60. The molecule has 156 valence electrons. The molecule has 3 heterocycles. The van der Waals surface area contributed by atoms with E-state index >= 15 is 0 Å². The summed E-state index contributed by atoms with van der Waals surface area (Å²) in [6.07, 6.45) is 3.14. The van der Waals surface area contributed by atoms with Crippen molar-refractivity contribution >= 4 is 34.2 Å². The number of pyridine rings is 1. The van der Waals surface area contributed by atoms with Crippen LogP contribution in [0.25, 0.3) is 27.8 Å². The minimum Gasteiger partial charge on any atom is -0.497 e. The average molecular weight is 429 g/mol. The number of fused-ring (bicyclic) bond motifs is 3. The second kappa shape index (κ2) is 7.58. The topological polar surface area (TPSA) is 107 Å². The molecular weight excluding hydrogens is 408 g/mol. The first-order valence-electron chi connectivity index (χ1n) is 9.18. The van der Waals surface area contributed by atoms with E-state index in [9.17, 15) is 5.11 Å². The number of ether oxygens (including phenoxy) is 2. The fourth-order valence-corrected chi connectivity index (χ4v) is 3.36. The number of aromatic nitrogens is 5. The predicted molar refractivity (Wildman–Crippen MR) is 114 cm³/mol. The third kappa shape index (κ3) is 3.69. The Morgan fingerprint density at radius 2 is 1.90 bits per heavy atom. The molecule has 2 N–H and O–H groups in total. The fourth-order valence-electron chi connectivity index (χ4n) is 3.07. The second-order valence-corrected chi connectivity index (χ2v) is 7.76. The minimum absolute atomic E-state index is 0.302. The Bertz CT molecular complexity index is 1230. The molecule has 0 spiro atoms. The van der Waals surface area contributed by atoms with Gasteiger partial charge in [0, 0.05) is 35.3 Å². The van der Waals surface area contributed by atoms with Crippen LogP contribution in [-0.2, 0) is 0 Å². The van der Waals surface area contributed by atoms with Crippen molar-refractivity contribution in [1.29, 1.82) is 0 Å². The van der Waals surface area contributed by atoms with Gasteiger partial charge in [-0.1, -0.05) is 11.6 Å². The SMILES string of the molecule is COc1cc(OC)c(Cl)c(-c2cc3cnc(NCC(C)(C)O)nc3n3ncnc23)c1. The van der Waals surface area contributed by atoms with Crippen molar-refractivity contribution in [2.45, 2.75) is 19.4 Å². The molecule has 0 atom stereocenters. The Balaban J connectivity index is 1.90. The van der Waals surface area contributed by atoms with E-state index in [2.05, 4.69) is 25.4 Å². The van der Waals surface area contributed by atoms with E-state index in [1.807, 2.05) is 12.1 Å². The largest absolute Gasteiger partial charge is 0.497 e. The van der Waals surface area contributed by atoms with Crippen LogP contribution in [0, 0.1) is 0 Å². The molecule has 0 bridgehead atoms. The van der Waals surface area contributed by atoms with E-state index in [0.29, 0.717) is 45.9 Å². The lowest BCUT2D eigenvalue weighted by atomic mass is 10.0. The van der Waals surface area contributed by atoms with Crippen LogP contribution < -0.4 is 14.8 Å². The molecule has 9 nitrogen and oxygen atoms in total. The van der Waals surface area contributed by atoms with Gasteiger partial charge < -0.3 is 19.9 Å². The normalized spacial score (nSPS) is 11.8. The van der Waals surface area contributed by atoms with Crippen LogP contribution in [0.1, 0.15) is 13.8 Å². The number of hydrogen-bond donors (Lipinski definition) is 2. The van der Waals surface area contributed by atoms with Gasteiger partial charge in [-0.2, -0.15) is 14.6 Å². The summed E-state index contributed by atoms with van der Waals surface area (Å²) in [7, 11) is 3.13. The Hall–Kier alpha value is -3.17. The van der Waals surface area contributed by atoms with Gasteiger partial charge in [0.15, 0.2) is 11.3 Å². The van der Waals surface area contributed by atoms with Gasteiger partial charge >= 0.3 is 0 Å². The van der Waals surface area contributed by atoms with Crippen molar-refractivity contribution in [3.05, 3.63) is 35.7 Å². The number of benzene rings is 1. The number of nitrogens with zero attached hydrogens (tertiary/aromatic N) is 5. The first-order chi connectivity index (χ1) is 14.3. The zero-order valence-corrected chi connectivity index (χ0v) is 17.7. The Morgan fingerprint density at radius 1 is 1.10 bits per heavy atom. The van der Waals surface area contributed by atoms with Crippen molar-refractivity contribution < 1.29 is 14.6 Å². The lowest BCUT2D eigenvalue weighted by Gasteiger charge is -2.17. The highest BCUT2D eigenvalue weighted by Crippen LogP contribution is 2.41. The molecule has 10 heteroatoms. The Morgan fingerprint density at radius 3 is 2.60 bits per heavy atom. The van der Waals surface area contributed by atoms with Crippen LogP contribution in [0.3, 0.4) is 0 Å². The van der Waals surface area contributed by atoms with Gasteiger partial charge in [0.25, 0.3) is 0 Å². The van der Waals surface area contributed by atoms with E-state index < -0.39 is 5.60 Å². The Kier molecular flexibility index (Phi) is 5.08. The van der Waals surface area contributed by atoms with Crippen molar-refractivity contribution in [2.24, 2.45) is 0 Å². The van der Waals surface area contributed by atoms with Gasteiger partial charge in [-0.3, -0.25) is 0 Å². The monoisotopic (exact) mass is 428 g/mol. The maximum absolute atomic E-state index is 9.93. The maximum atomic E-state index is 9.93. The highest BCUT2D eigenvalue weighted by atomic mass is 35.5. The van der Waals surface area contributed by atoms with Crippen molar-refractivity contribution in [3.8, 4) is 22.6 Å². The molecule has 0 aliphatic heterocycles. The number of anilines is 1. The zero-order valence-electron chi connectivity index (χ0n) is 17.0. The summed E-state index contributed by atoms with van der Waals surface area (Å²) in [4.78, 5) is 13.3. The van der Waals surface area contributed by atoms with Gasteiger partial charge in [-0.05, 0) is 26.0 Å². The first kappa shape index (κ1) is 20.1. The first-order valence-corrected chi connectivity index (χ1v) is 9.56.